The van der Waals surface area contributed by atoms with Crippen LogP contribution >= 0.6 is 0 Å². The van der Waals surface area contributed by atoms with Gasteiger partial charge in [-0.1, -0.05) is 91.0 Å². The van der Waals surface area contributed by atoms with Crippen LogP contribution < -0.4 is 0 Å². The molecule has 3 atom stereocenters. The molecule has 1 unspecified atom stereocenters. The Morgan fingerprint density at radius 2 is 1.31 bits per heavy atom. The van der Waals surface area contributed by atoms with E-state index in [1.165, 1.54) is 0 Å². The van der Waals surface area contributed by atoms with Crippen LogP contribution in [0.2, 0.25) is 0 Å². The Morgan fingerprint density at radius 1 is 0.724 bits per heavy atom. The Hall–Kier alpha value is -2.50. The van der Waals surface area contributed by atoms with Crippen molar-refractivity contribution in [2.24, 2.45) is 0 Å². The van der Waals surface area contributed by atoms with Gasteiger partial charge in [0.15, 0.2) is 6.29 Å². The highest BCUT2D eigenvalue weighted by Gasteiger charge is 2.33. The van der Waals surface area contributed by atoms with E-state index in [9.17, 15) is 0 Å². The molecule has 3 aromatic rings. The van der Waals surface area contributed by atoms with Crippen molar-refractivity contribution in [3.8, 4) is 0 Å². The minimum Gasteiger partial charge on any atom is -0.374 e. The first-order valence-corrected chi connectivity index (χ1v) is 9.98. The Balaban J connectivity index is 1.38. The molecule has 4 nitrogen and oxygen atoms in total. The molecule has 0 saturated carbocycles. The predicted molar refractivity (Wildman–Crippen MR) is 111 cm³/mol. The van der Waals surface area contributed by atoms with Crippen molar-refractivity contribution in [3.63, 3.8) is 0 Å². The van der Waals surface area contributed by atoms with E-state index in [2.05, 4.69) is 24.3 Å². The van der Waals surface area contributed by atoms with Gasteiger partial charge in [0, 0.05) is 5.56 Å². The van der Waals surface area contributed by atoms with Crippen molar-refractivity contribution < 1.29 is 18.9 Å². The molecule has 1 aliphatic rings. The fraction of sp³-hybridized carbons (Fsp3) is 0.280. The molecule has 3 aromatic carbocycles. The van der Waals surface area contributed by atoms with Crippen LogP contribution in [0, 0.1) is 0 Å². The molecule has 4 heteroatoms. The number of hydrogen-bond acceptors (Lipinski definition) is 4. The second-order valence-electron chi connectivity index (χ2n) is 7.09. The molecule has 1 saturated heterocycles. The Bertz CT molecular complexity index is 838. The number of ether oxygens (including phenoxy) is 4. The highest BCUT2D eigenvalue weighted by atomic mass is 16.7. The van der Waals surface area contributed by atoms with Gasteiger partial charge in [0.2, 0.25) is 0 Å². The minimum atomic E-state index is -0.405. The van der Waals surface area contributed by atoms with E-state index in [-0.39, 0.29) is 12.2 Å². The Labute approximate surface area is 172 Å². The molecular weight excluding hydrogens is 364 g/mol. The maximum Gasteiger partial charge on any atom is 0.184 e. The largest absolute Gasteiger partial charge is 0.374 e. The number of benzene rings is 3. The van der Waals surface area contributed by atoms with Crippen molar-refractivity contribution in [2.75, 3.05) is 13.2 Å². The third-order valence-electron chi connectivity index (χ3n) is 4.90. The van der Waals surface area contributed by atoms with Crippen molar-refractivity contribution in [1.82, 2.24) is 0 Å². The van der Waals surface area contributed by atoms with Gasteiger partial charge in [0.25, 0.3) is 0 Å². The van der Waals surface area contributed by atoms with Gasteiger partial charge in [0.05, 0.1) is 26.4 Å². The third kappa shape index (κ3) is 5.75. The number of rotatable bonds is 8. The minimum absolute atomic E-state index is 0.189. The Morgan fingerprint density at radius 3 is 1.97 bits per heavy atom. The molecule has 0 bridgehead atoms. The van der Waals surface area contributed by atoms with Gasteiger partial charge in [-0.3, -0.25) is 0 Å². The normalized spacial score (nSPS) is 21.7. The zero-order chi connectivity index (χ0) is 19.7. The van der Waals surface area contributed by atoms with Gasteiger partial charge in [-0.15, -0.1) is 0 Å². The van der Waals surface area contributed by atoms with Crippen LogP contribution in [0.4, 0.5) is 0 Å². The predicted octanol–water partition coefficient (Wildman–Crippen LogP) is 4.90. The molecule has 0 N–H and O–H groups in total. The molecule has 0 amide bonds. The monoisotopic (exact) mass is 390 g/mol. The van der Waals surface area contributed by atoms with Gasteiger partial charge in [-0.2, -0.15) is 0 Å². The summed E-state index contributed by atoms with van der Waals surface area (Å²) in [5.41, 5.74) is 3.27. The second-order valence-corrected chi connectivity index (χ2v) is 7.09. The van der Waals surface area contributed by atoms with E-state index < -0.39 is 6.29 Å². The first kappa shape index (κ1) is 19.8. The van der Waals surface area contributed by atoms with Crippen molar-refractivity contribution in [2.45, 2.75) is 31.7 Å². The smallest absolute Gasteiger partial charge is 0.184 e. The molecule has 0 aliphatic carbocycles. The fourth-order valence-corrected chi connectivity index (χ4v) is 3.31. The van der Waals surface area contributed by atoms with Crippen molar-refractivity contribution in [1.29, 1.82) is 0 Å². The maximum atomic E-state index is 6.24. The first-order chi connectivity index (χ1) is 14.4. The lowest BCUT2D eigenvalue weighted by molar-refractivity contribution is -0.276. The van der Waals surface area contributed by atoms with Crippen LogP contribution in [0.25, 0.3) is 0 Å². The molecule has 0 radical (unpaired) electrons. The first-order valence-electron chi connectivity index (χ1n) is 9.98. The highest BCUT2D eigenvalue weighted by Crippen LogP contribution is 2.28. The number of hydrogen-bond donors (Lipinski definition) is 0. The topological polar surface area (TPSA) is 36.9 Å². The maximum absolute atomic E-state index is 6.24. The highest BCUT2D eigenvalue weighted by molar-refractivity contribution is 5.17. The summed E-state index contributed by atoms with van der Waals surface area (Å²) in [4.78, 5) is 0. The molecule has 0 spiro atoms. The van der Waals surface area contributed by atoms with Crippen molar-refractivity contribution in [3.05, 3.63) is 108 Å². The lowest BCUT2D eigenvalue weighted by Crippen LogP contribution is -2.44. The zero-order valence-corrected chi connectivity index (χ0v) is 16.4. The van der Waals surface area contributed by atoms with E-state index in [1.54, 1.807) is 0 Å². The van der Waals surface area contributed by atoms with Gasteiger partial charge >= 0.3 is 0 Å². The van der Waals surface area contributed by atoms with E-state index in [0.717, 1.165) is 16.7 Å². The van der Waals surface area contributed by atoms with E-state index >= 15 is 0 Å². The molecule has 1 fully saturated rings. The molecule has 1 heterocycles. The third-order valence-corrected chi connectivity index (χ3v) is 4.90. The van der Waals surface area contributed by atoms with Gasteiger partial charge in [-0.05, 0) is 11.1 Å². The summed E-state index contributed by atoms with van der Waals surface area (Å²) in [6.45, 7) is 1.97. The summed E-state index contributed by atoms with van der Waals surface area (Å²) < 4.78 is 24.3. The van der Waals surface area contributed by atoms with Crippen LogP contribution in [0.3, 0.4) is 0 Å². The zero-order valence-electron chi connectivity index (χ0n) is 16.4. The van der Waals surface area contributed by atoms with Gasteiger partial charge in [-0.25, -0.2) is 0 Å². The van der Waals surface area contributed by atoms with E-state index in [1.807, 2.05) is 66.7 Å². The average Bonchev–Trinajstić information content (AvgIpc) is 2.80. The summed E-state index contributed by atoms with van der Waals surface area (Å²) >= 11 is 0. The molecule has 150 valence electrons. The standard InChI is InChI=1S/C25H26O4/c1-4-10-20(11-5-1)16-26-18-24-23(27-17-21-12-6-2-7-13-21)19-28-25(29-24)22-14-8-3-9-15-22/h1-15,23-25H,16-19H2/t23-,24?,25-/m1/s1. The van der Waals surface area contributed by atoms with Gasteiger partial charge < -0.3 is 18.9 Å². The van der Waals surface area contributed by atoms with Crippen LogP contribution in [0.5, 0.6) is 0 Å². The summed E-state index contributed by atoms with van der Waals surface area (Å²) in [5, 5.41) is 0. The molecular formula is C25H26O4. The lowest BCUT2D eigenvalue weighted by atomic mass is 10.1. The molecule has 29 heavy (non-hydrogen) atoms. The van der Waals surface area contributed by atoms with Crippen molar-refractivity contribution >= 4 is 0 Å². The SMILES string of the molecule is c1ccc(COCC2O[C@H](c3ccccc3)OC[C@H]2OCc2ccccc2)cc1. The van der Waals surface area contributed by atoms with E-state index in [4.69, 9.17) is 18.9 Å². The fourth-order valence-electron chi connectivity index (χ4n) is 3.31. The molecule has 0 aromatic heterocycles. The lowest BCUT2D eigenvalue weighted by Gasteiger charge is -2.36. The van der Waals surface area contributed by atoms with Crippen LogP contribution in [-0.2, 0) is 32.2 Å². The summed E-state index contributed by atoms with van der Waals surface area (Å²) in [7, 11) is 0. The Kier molecular flexibility index (Phi) is 7.05. The average molecular weight is 390 g/mol. The van der Waals surface area contributed by atoms with Crippen LogP contribution in [0.1, 0.15) is 23.0 Å². The summed E-state index contributed by atoms with van der Waals surface area (Å²) in [5.74, 6) is 0. The summed E-state index contributed by atoms with van der Waals surface area (Å²) in [6, 6.07) is 30.3. The quantitative estimate of drug-likeness (QED) is 0.548. The van der Waals surface area contributed by atoms with Crippen LogP contribution in [0.15, 0.2) is 91.0 Å². The molecule has 4 rings (SSSR count). The molecule has 1 aliphatic heterocycles. The van der Waals surface area contributed by atoms with Gasteiger partial charge in [0.1, 0.15) is 12.2 Å². The second kappa shape index (κ2) is 10.3. The van der Waals surface area contributed by atoms with E-state index in [0.29, 0.717) is 26.4 Å². The van der Waals surface area contributed by atoms with Crippen LogP contribution in [-0.4, -0.2) is 25.4 Å². The summed E-state index contributed by atoms with van der Waals surface area (Å²) in [6.07, 6.45) is -0.801.